The number of amides is 1. The predicted octanol–water partition coefficient (Wildman–Crippen LogP) is 4.21. The Labute approximate surface area is 188 Å². The second-order valence-electron chi connectivity index (χ2n) is 7.32. The fourth-order valence-electron chi connectivity index (χ4n) is 3.55. The van der Waals surface area contributed by atoms with Crippen molar-refractivity contribution in [3.63, 3.8) is 0 Å². The molecule has 1 amide bonds. The van der Waals surface area contributed by atoms with Crippen molar-refractivity contribution in [3.8, 4) is 0 Å². The number of hydrogen-bond donors (Lipinski definition) is 1. The zero-order valence-electron chi connectivity index (χ0n) is 17.2. The number of ether oxygens (including phenoxy) is 2. The van der Waals surface area contributed by atoms with Gasteiger partial charge in [0, 0.05) is 24.6 Å². The first-order chi connectivity index (χ1) is 15.0. The minimum atomic E-state index is -0.528. The summed E-state index contributed by atoms with van der Waals surface area (Å²) in [6.07, 6.45) is 1.00. The summed E-state index contributed by atoms with van der Waals surface area (Å²) in [5.74, 6) is -0.931. The topological polar surface area (TPSA) is 80.8 Å². The van der Waals surface area contributed by atoms with E-state index >= 15 is 0 Å². The van der Waals surface area contributed by atoms with Gasteiger partial charge in [-0.25, -0.2) is 9.78 Å². The molecule has 7 nitrogen and oxygen atoms in total. The van der Waals surface area contributed by atoms with Crippen molar-refractivity contribution < 1.29 is 19.1 Å². The molecule has 0 spiro atoms. The monoisotopic (exact) mass is 459 g/mol. The van der Waals surface area contributed by atoms with Gasteiger partial charge in [0.25, 0.3) is 5.91 Å². The van der Waals surface area contributed by atoms with E-state index in [9.17, 15) is 9.59 Å². The van der Waals surface area contributed by atoms with Crippen molar-refractivity contribution in [2.75, 3.05) is 32.7 Å². The molecular formula is C22H22ClN3O4S. The van der Waals surface area contributed by atoms with E-state index in [-0.39, 0.29) is 0 Å². The quantitative estimate of drug-likeness (QED) is 0.556. The van der Waals surface area contributed by atoms with Gasteiger partial charge in [-0.3, -0.25) is 9.69 Å². The lowest BCUT2D eigenvalue weighted by Crippen LogP contribution is -2.31. The number of fused-ring (bicyclic) bond motifs is 1. The van der Waals surface area contributed by atoms with Gasteiger partial charge in [0.2, 0.25) is 0 Å². The predicted molar refractivity (Wildman–Crippen MR) is 121 cm³/mol. The molecule has 162 valence electrons. The van der Waals surface area contributed by atoms with Crippen LogP contribution in [0.4, 0.5) is 5.69 Å². The molecule has 3 aromatic rings. The highest BCUT2D eigenvalue weighted by Gasteiger charge is 2.24. The van der Waals surface area contributed by atoms with Gasteiger partial charge < -0.3 is 14.8 Å². The van der Waals surface area contributed by atoms with E-state index in [1.807, 2.05) is 12.1 Å². The van der Waals surface area contributed by atoms with E-state index in [0.717, 1.165) is 25.3 Å². The highest BCUT2D eigenvalue weighted by Crippen LogP contribution is 2.36. The molecule has 1 N–H and O–H groups in total. The number of pyridine rings is 1. The van der Waals surface area contributed by atoms with Gasteiger partial charge in [-0.2, -0.15) is 0 Å². The minimum absolute atomic E-state index is 0.292. The van der Waals surface area contributed by atoms with Crippen LogP contribution in [0.1, 0.15) is 32.1 Å². The Balaban J connectivity index is 1.66. The van der Waals surface area contributed by atoms with Gasteiger partial charge in [-0.1, -0.05) is 23.7 Å². The number of anilines is 1. The summed E-state index contributed by atoms with van der Waals surface area (Å²) in [6, 6.07) is 10.9. The fourth-order valence-corrected chi connectivity index (χ4v) is 4.83. The molecule has 1 aromatic carbocycles. The molecule has 4 rings (SSSR count). The van der Waals surface area contributed by atoms with E-state index in [0.29, 0.717) is 44.0 Å². The summed E-state index contributed by atoms with van der Waals surface area (Å²) < 4.78 is 10.4. The van der Waals surface area contributed by atoms with Gasteiger partial charge in [0.05, 0.1) is 35.7 Å². The summed E-state index contributed by atoms with van der Waals surface area (Å²) in [5.41, 5.74) is 1.58. The largest absolute Gasteiger partial charge is 0.465 e. The zero-order valence-corrected chi connectivity index (χ0v) is 18.8. The number of esters is 1. The number of thiophene rings is 1. The van der Waals surface area contributed by atoms with Gasteiger partial charge >= 0.3 is 5.97 Å². The molecule has 9 heteroatoms. The Morgan fingerprint density at radius 3 is 2.84 bits per heavy atom. The first kappa shape index (κ1) is 21.7. The number of methoxy groups -OCH3 is 1. The van der Waals surface area contributed by atoms with Crippen LogP contribution in [0.3, 0.4) is 0 Å². The Bertz CT molecular complexity index is 1130. The summed E-state index contributed by atoms with van der Waals surface area (Å²) in [7, 11) is 3.36. The van der Waals surface area contributed by atoms with Crippen LogP contribution in [0.2, 0.25) is 5.02 Å². The van der Waals surface area contributed by atoms with Crippen LogP contribution in [0.25, 0.3) is 10.2 Å². The molecule has 0 saturated carbocycles. The van der Waals surface area contributed by atoms with Crippen LogP contribution < -0.4 is 5.32 Å². The first-order valence-electron chi connectivity index (χ1n) is 9.82. The molecule has 0 aliphatic carbocycles. The summed E-state index contributed by atoms with van der Waals surface area (Å²) in [5, 5.41) is 3.84. The van der Waals surface area contributed by atoms with Crippen molar-refractivity contribution >= 4 is 50.7 Å². The van der Waals surface area contributed by atoms with Crippen LogP contribution in [-0.4, -0.2) is 55.2 Å². The first-order valence-corrected chi connectivity index (χ1v) is 11.0. The Hall–Kier alpha value is -2.52. The lowest BCUT2D eigenvalue weighted by atomic mass is 10.2. The molecule has 1 saturated heterocycles. The van der Waals surface area contributed by atoms with Crippen LogP contribution in [0.15, 0.2) is 36.4 Å². The standard InChI is InChI=1S/C22H22ClN3O4S/c1-26(14-9-10-30-12-14)11-13-7-8-16-18(19(22(28)29-2)31-21(16)24-13)25-20(27)15-5-3-4-6-17(15)23/h3-8,14H,9-12H2,1-2H3,(H,25,27). The van der Waals surface area contributed by atoms with E-state index < -0.39 is 11.9 Å². The molecule has 1 unspecified atom stereocenters. The van der Waals surface area contributed by atoms with Gasteiger partial charge in [-0.05, 0) is 37.7 Å². The van der Waals surface area contributed by atoms with E-state index in [2.05, 4.69) is 17.3 Å². The minimum Gasteiger partial charge on any atom is -0.465 e. The highest BCUT2D eigenvalue weighted by molar-refractivity contribution is 7.21. The SMILES string of the molecule is COC(=O)c1sc2nc(CN(C)C3CCOC3)ccc2c1NC(=O)c1ccccc1Cl. The lowest BCUT2D eigenvalue weighted by Gasteiger charge is -2.22. The van der Waals surface area contributed by atoms with Crippen LogP contribution in [-0.2, 0) is 16.0 Å². The van der Waals surface area contributed by atoms with E-state index in [1.54, 1.807) is 24.3 Å². The van der Waals surface area contributed by atoms with Crippen LogP contribution in [0.5, 0.6) is 0 Å². The molecule has 1 atom stereocenters. The second-order valence-corrected chi connectivity index (χ2v) is 8.73. The summed E-state index contributed by atoms with van der Waals surface area (Å²) in [6.45, 7) is 2.17. The summed E-state index contributed by atoms with van der Waals surface area (Å²) >= 11 is 7.35. The number of aromatic nitrogens is 1. The van der Waals surface area contributed by atoms with E-state index in [4.69, 9.17) is 26.1 Å². The average Bonchev–Trinajstić information content (AvgIpc) is 3.42. The third kappa shape index (κ3) is 4.57. The van der Waals surface area contributed by atoms with E-state index in [1.165, 1.54) is 18.4 Å². The molecule has 0 bridgehead atoms. The average molecular weight is 460 g/mol. The number of nitrogens with one attached hydrogen (secondary N) is 1. The molecule has 1 aliphatic rings. The van der Waals surface area contributed by atoms with Gasteiger partial charge in [0.15, 0.2) is 0 Å². The highest BCUT2D eigenvalue weighted by atomic mass is 35.5. The smallest absolute Gasteiger partial charge is 0.350 e. The number of benzene rings is 1. The molecule has 1 aliphatic heterocycles. The lowest BCUT2D eigenvalue weighted by molar-refractivity contribution is 0.0607. The number of carbonyl (C=O) groups excluding carboxylic acids is 2. The fraction of sp³-hybridized carbons (Fsp3) is 0.318. The molecular weight excluding hydrogens is 438 g/mol. The summed E-state index contributed by atoms with van der Waals surface area (Å²) in [4.78, 5) is 33.1. The molecule has 0 radical (unpaired) electrons. The Morgan fingerprint density at radius 2 is 2.13 bits per heavy atom. The van der Waals surface area contributed by atoms with Crippen molar-refractivity contribution in [1.82, 2.24) is 9.88 Å². The van der Waals surface area contributed by atoms with Gasteiger partial charge in [-0.15, -0.1) is 11.3 Å². The third-order valence-corrected chi connectivity index (χ3v) is 6.69. The van der Waals surface area contributed by atoms with Crippen molar-refractivity contribution in [3.05, 3.63) is 57.6 Å². The second kappa shape index (κ2) is 9.32. The molecule has 31 heavy (non-hydrogen) atoms. The number of carbonyl (C=O) groups is 2. The number of likely N-dealkylation sites (N-methyl/N-ethyl adjacent to an activating group) is 1. The maximum absolute atomic E-state index is 12.8. The molecule has 1 fully saturated rings. The number of nitrogens with zero attached hydrogens (tertiary/aromatic N) is 2. The number of rotatable bonds is 6. The van der Waals surface area contributed by atoms with Crippen LogP contribution >= 0.6 is 22.9 Å². The Kier molecular flexibility index (Phi) is 6.52. The van der Waals surface area contributed by atoms with Crippen molar-refractivity contribution in [1.29, 1.82) is 0 Å². The number of hydrogen-bond acceptors (Lipinski definition) is 7. The molecule has 2 aromatic heterocycles. The maximum Gasteiger partial charge on any atom is 0.350 e. The van der Waals surface area contributed by atoms with Crippen molar-refractivity contribution in [2.45, 2.75) is 19.0 Å². The van der Waals surface area contributed by atoms with Gasteiger partial charge in [0.1, 0.15) is 9.71 Å². The molecule has 3 heterocycles. The third-order valence-electron chi connectivity index (χ3n) is 5.28. The zero-order chi connectivity index (χ0) is 22.0. The van der Waals surface area contributed by atoms with Crippen molar-refractivity contribution in [2.24, 2.45) is 0 Å². The maximum atomic E-state index is 12.8. The Morgan fingerprint density at radius 1 is 1.32 bits per heavy atom. The van der Waals surface area contributed by atoms with Crippen LogP contribution in [0, 0.1) is 0 Å². The normalized spacial score (nSPS) is 16.1. The number of halogens is 1.